The standard InChI is InChI=1S/C18H19ClN2O2S/c19-15-10-4-5-11-16(15)24-18(20-14-8-2-1-3-9-14)12-6-7-13-21(18)17(22)23/h1-5,8-11,20H,6-7,12-13H2,(H,22,23). The van der Waals surface area contributed by atoms with E-state index < -0.39 is 11.1 Å². The first-order chi connectivity index (χ1) is 11.6. The molecule has 6 heteroatoms. The van der Waals surface area contributed by atoms with Crippen molar-refractivity contribution >= 4 is 35.1 Å². The molecule has 3 rings (SSSR count). The van der Waals surface area contributed by atoms with Crippen LogP contribution in [0.3, 0.4) is 0 Å². The van der Waals surface area contributed by atoms with Crippen LogP contribution in [0.4, 0.5) is 10.5 Å². The summed E-state index contributed by atoms with van der Waals surface area (Å²) in [4.78, 5) is 13.5. The number of carboxylic acid groups (broad SMARTS) is 1. The maximum atomic E-state index is 11.9. The number of nitrogens with one attached hydrogen (secondary N) is 1. The summed E-state index contributed by atoms with van der Waals surface area (Å²) in [6, 6.07) is 17.2. The van der Waals surface area contributed by atoms with Gasteiger partial charge in [0, 0.05) is 17.1 Å². The van der Waals surface area contributed by atoms with E-state index in [1.54, 1.807) is 0 Å². The summed E-state index contributed by atoms with van der Waals surface area (Å²) in [5, 5.41) is 13.8. The van der Waals surface area contributed by atoms with E-state index in [0.717, 1.165) is 23.4 Å². The minimum absolute atomic E-state index is 0.507. The zero-order valence-corrected chi connectivity index (χ0v) is 14.7. The van der Waals surface area contributed by atoms with Crippen molar-refractivity contribution in [2.24, 2.45) is 0 Å². The number of thioether (sulfide) groups is 1. The van der Waals surface area contributed by atoms with Crippen molar-refractivity contribution in [1.29, 1.82) is 0 Å². The van der Waals surface area contributed by atoms with Crippen molar-refractivity contribution in [3.05, 3.63) is 59.6 Å². The molecule has 0 spiro atoms. The fourth-order valence-electron chi connectivity index (χ4n) is 2.92. The van der Waals surface area contributed by atoms with Gasteiger partial charge in [0.1, 0.15) is 0 Å². The Morgan fingerprint density at radius 3 is 2.54 bits per heavy atom. The highest BCUT2D eigenvalue weighted by molar-refractivity contribution is 8.00. The number of rotatable bonds is 4. The van der Waals surface area contributed by atoms with Gasteiger partial charge in [-0.25, -0.2) is 4.79 Å². The van der Waals surface area contributed by atoms with Gasteiger partial charge in [-0.1, -0.05) is 53.7 Å². The normalized spacial score (nSPS) is 20.6. The van der Waals surface area contributed by atoms with E-state index in [1.807, 2.05) is 54.6 Å². The molecule has 1 amide bonds. The lowest BCUT2D eigenvalue weighted by atomic mass is 10.1. The smallest absolute Gasteiger partial charge is 0.409 e. The van der Waals surface area contributed by atoms with Crippen LogP contribution in [0.1, 0.15) is 19.3 Å². The lowest BCUT2D eigenvalue weighted by Gasteiger charge is -2.46. The Bertz CT molecular complexity index is 713. The molecule has 2 aromatic rings. The van der Waals surface area contributed by atoms with Crippen molar-refractivity contribution in [2.45, 2.75) is 29.2 Å². The SMILES string of the molecule is O=C(O)N1CCCCC1(Nc1ccccc1)Sc1ccccc1Cl. The van der Waals surface area contributed by atoms with E-state index in [4.69, 9.17) is 11.6 Å². The van der Waals surface area contributed by atoms with E-state index >= 15 is 0 Å². The fraction of sp³-hybridized carbons (Fsp3) is 0.278. The van der Waals surface area contributed by atoms with Gasteiger partial charge in [0.2, 0.25) is 0 Å². The van der Waals surface area contributed by atoms with Crippen LogP contribution < -0.4 is 5.32 Å². The molecule has 126 valence electrons. The maximum absolute atomic E-state index is 11.9. The van der Waals surface area contributed by atoms with E-state index in [-0.39, 0.29) is 0 Å². The first kappa shape index (κ1) is 17.0. The number of carbonyl (C=O) groups is 1. The number of benzene rings is 2. The molecule has 1 aliphatic rings. The van der Waals surface area contributed by atoms with Gasteiger partial charge < -0.3 is 10.4 Å². The van der Waals surface area contributed by atoms with E-state index in [2.05, 4.69) is 5.32 Å². The molecule has 0 aliphatic carbocycles. The fourth-order valence-corrected chi connectivity index (χ4v) is 4.54. The van der Waals surface area contributed by atoms with Crippen LogP contribution in [0.2, 0.25) is 5.02 Å². The van der Waals surface area contributed by atoms with Gasteiger partial charge in [-0.15, -0.1) is 0 Å². The average molecular weight is 363 g/mol. The zero-order chi connectivity index (χ0) is 17.0. The van der Waals surface area contributed by atoms with Crippen LogP contribution in [-0.4, -0.2) is 27.6 Å². The monoisotopic (exact) mass is 362 g/mol. The Morgan fingerprint density at radius 1 is 1.12 bits per heavy atom. The maximum Gasteiger partial charge on any atom is 0.409 e. The second-order valence-corrected chi connectivity index (χ2v) is 7.43. The minimum atomic E-state index is -0.919. The molecule has 2 aromatic carbocycles. The van der Waals surface area contributed by atoms with Gasteiger partial charge >= 0.3 is 6.09 Å². The molecule has 1 heterocycles. The number of likely N-dealkylation sites (tertiary alicyclic amines) is 1. The summed E-state index contributed by atoms with van der Waals surface area (Å²) in [5.41, 5.74) is 0.894. The van der Waals surface area contributed by atoms with Gasteiger partial charge in [0.05, 0.1) is 5.02 Å². The Labute approximate surface area is 150 Å². The molecule has 1 unspecified atom stereocenters. The number of anilines is 1. The number of halogens is 1. The van der Waals surface area contributed by atoms with Crippen LogP contribution in [0.5, 0.6) is 0 Å². The van der Waals surface area contributed by atoms with Crippen molar-refractivity contribution < 1.29 is 9.90 Å². The Kier molecular flexibility index (Phi) is 5.21. The molecule has 0 bridgehead atoms. The highest BCUT2D eigenvalue weighted by atomic mass is 35.5. The molecular formula is C18H19ClN2O2S. The van der Waals surface area contributed by atoms with Crippen molar-refractivity contribution in [3.63, 3.8) is 0 Å². The first-order valence-electron chi connectivity index (χ1n) is 7.88. The molecule has 24 heavy (non-hydrogen) atoms. The van der Waals surface area contributed by atoms with E-state index in [1.165, 1.54) is 16.7 Å². The molecule has 1 saturated heterocycles. The summed E-state index contributed by atoms with van der Waals surface area (Å²) in [6.07, 6.45) is 1.62. The second kappa shape index (κ2) is 7.36. The van der Waals surface area contributed by atoms with Gasteiger partial charge in [0.15, 0.2) is 4.99 Å². The van der Waals surface area contributed by atoms with Crippen molar-refractivity contribution in [3.8, 4) is 0 Å². The van der Waals surface area contributed by atoms with Crippen LogP contribution >= 0.6 is 23.4 Å². The van der Waals surface area contributed by atoms with Crippen molar-refractivity contribution in [2.75, 3.05) is 11.9 Å². The third-order valence-corrected chi connectivity index (χ3v) is 5.92. The molecule has 0 aromatic heterocycles. The summed E-state index contributed by atoms with van der Waals surface area (Å²) in [7, 11) is 0. The predicted octanol–water partition coefficient (Wildman–Crippen LogP) is 5.36. The van der Waals surface area contributed by atoms with Gasteiger partial charge in [-0.3, -0.25) is 4.90 Å². The molecular weight excluding hydrogens is 344 g/mol. The third kappa shape index (κ3) is 3.62. The van der Waals surface area contributed by atoms with Crippen LogP contribution in [0.15, 0.2) is 59.5 Å². The number of piperidine rings is 1. The quantitative estimate of drug-likeness (QED) is 0.718. The Hall–Kier alpha value is -1.85. The topological polar surface area (TPSA) is 52.6 Å². The molecule has 0 radical (unpaired) electrons. The molecule has 1 aliphatic heterocycles. The summed E-state index contributed by atoms with van der Waals surface area (Å²) < 4.78 is 0. The van der Waals surface area contributed by atoms with E-state index in [0.29, 0.717) is 18.0 Å². The summed E-state index contributed by atoms with van der Waals surface area (Å²) >= 11 is 7.79. The molecule has 0 saturated carbocycles. The van der Waals surface area contributed by atoms with E-state index in [9.17, 15) is 9.90 Å². The average Bonchev–Trinajstić information content (AvgIpc) is 2.58. The molecule has 1 atom stereocenters. The lowest BCUT2D eigenvalue weighted by molar-refractivity contribution is 0.103. The highest BCUT2D eigenvalue weighted by Crippen LogP contribution is 2.45. The van der Waals surface area contributed by atoms with Gasteiger partial charge in [-0.2, -0.15) is 0 Å². The number of para-hydroxylation sites is 1. The third-order valence-electron chi connectivity index (χ3n) is 4.04. The molecule has 2 N–H and O–H groups in total. The minimum Gasteiger partial charge on any atom is -0.465 e. The van der Waals surface area contributed by atoms with Gasteiger partial charge in [0.25, 0.3) is 0 Å². The lowest BCUT2D eigenvalue weighted by Crippen LogP contribution is -2.56. The Morgan fingerprint density at radius 2 is 1.83 bits per heavy atom. The molecule has 1 fully saturated rings. The largest absolute Gasteiger partial charge is 0.465 e. The zero-order valence-electron chi connectivity index (χ0n) is 13.1. The van der Waals surface area contributed by atoms with Gasteiger partial charge in [-0.05, 0) is 43.5 Å². The summed E-state index contributed by atoms with van der Waals surface area (Å²) in [5.74, 6) is 0. The molecule has 4 nitrogen and oxygen atoms in total. The second-order valence-electron chi connectivity index (χ2n) is 5.70. The summed E-state index contributed by atoms with van der Waals surface area (Å²) in [6.45, 7) is 0.507. The van der Waals surface area contributed by atoms with Crippen molar-refractivity contribution in [1.82, 2.24) is 4.90 Å². The predicted molar refractivity (Wildman–Crippen MR) is 98.7 cm³/mol. The van der Waals surface area contributed by atoms with Crippen LogP contribution in [0.25, 0.3) is 0 Å². The van der Waals surface area contributed by atoms with Crippen LogP contribution in [-0.2, 0) is 0 Å². The number of nitrogens with zero attached hydrogens (tertiary/aromatic N) is 1. The number of hydrogen-bond donors (Lipinski definition) is 2. The first-order valence-corrected chi connectivity index (χ1v) is 9.07. The number of amides is 1. The van der Waals surface area contributed by atoms with Crippen LogP contribution in [0, 0.1) is 0 Å². The number of hydrogen-bond acceptors (Lipinski definition) is 3. The highest BCUT2D eigenvalue weighted by Gasteiger charge is 2.43. The Balaban J connectivity index is 1.99.